The van der Waals surface area contributed by atoms with Crippen LogP contribution in [0.4, 0.5) is 0 Å². The summed E-state index contributed by atoms with van der Waals surface area (Å²) in [6.07, 6.45) is 3.57. The van der Waals surface area contributed by atoms with Gasteiger partial charge in [-0.2, -0.15) is 0 Å². The summed E-state index contributed by atoms with van der Waals surface area (Å²) in [5.41, 5.74) is 5.74. The third-order valence-electron chi connectivity index (χ3n) is 3.04. The second-order valence-corrected chi connectivity index (χ2v) is 4.62. The van der Waals surface area contributed by atoms with Gasteiger partial charge in [0.15, 0.2) is 0 Å². The smallest absolute Gasteiger partial charge is 0.0811 e. The van der Waals surface area contributed by atoms with E-state index in [0.717, 1.165) is 18.8 Å². The van der Waals surface area contributed by atoms with Crippen LogP contribution in [0.5, 0.6) is 0 Å². The number of nitrogens with two attached hydrogens (primary N) is 1. The summed E-state index contributed by atoms with van der Waals surface area (Å²) in [5.74, 6) is 0.744. The fourth-order valence-corrected chi connectivity index (χ4v) is 2.38. The SMILES string of the molecule is COCC(C)OC1(CN)CCC(C)C1. The molecule has 14 heavy (non-hydrogen) atoms. The van der Waals surface area contributed by atoms with Crippen LogP contribution in [0, 0.1) is 5.92 Å². The molecule has 3 unspecified atom stereocenters. The molecule has 0 aromatic rings. The molecule has 1 aliphatic carbocycles. The number of hydrogen-bond acceptors (Lipinski definition) is 3. The lowest BCUT2D eigenvalue weighted by molar-refractivity contribution is -0.1000. The van der Waals surface area contributed by atoms with E-state index in [-0.39, 0.29) is 11.7 Å². The molecule has 0 aromatic heterocycles. The minimum absolute atomic E-state index is 0.0721. The lowest BCUT2D eigenvalue weighted by atomic mass is 10.0. The van der Waals surface area contributed by atoms with Crippen LogP contribution in [0.25, 0.3) is 0 Å². The first kappa shape index (κ1) is 12.0. The number of hydrogen-bond donors (Lipinski definition) is 1. The van der Waals surface area contributed by atoms with Gasteiger partial charge >= 0.3 is 0 Å². The Balaban J connectivity index is 2.45. The van der Waals surface area contributed by atoms with Crippen molar-refractivity contribution >= 4 is 0 Å². The molecule has 3 nitrogen and oxygen atoms in total. The highest BCUT2D eigenvalue weighted by Crippen LogP contribution is 2.37. The topological polar surface area (TPSA) is 44.5 Å². The van der Waals surface area contributed by atoms with Crippen LogP contribution in [0.3, 0.4) is 0 Å². The molecule has 1 fully saturated rings. The molecule has 0 aromatic carbocycles. The molecule has 0 amide bonds. The lowest BCUT2D eigenvalue weighted by Gasteiger charge is -2.31. The average molecular weight is 201 g/mol. The van der Waals surface area contributed by atoms with E-state index < -0.39 is 0 Å². The molecule has 0 aliphatic heterocycles. The molecular formula is C11H23NO2. The maximum Gasteiger partial charge on any atom is 0.0811 e. The Bertz CT molecular complexity index is 175. The minimum atomic E-state index is -0.0721. The number of ether oxygens (including phenoxy) is 2. The van der Waals surface area contributed by atoms with Crippen molar-refractivity contribution in [3.63, 3.8) is 0 Å². The predicted octanol–water partition coefficient (Wildman–Crippen LogP) is 1.56. The Hall–Kier alpha value is -0.120. The molecule has 1 rings (SSSR count). The Labute approximate surface area is 86.9 Å². The van der Waals surface area contributed by atoms with E-state index in [0.29, 0.717) is 13.2 Å². The zero-order chi connectivity index (χ0) is 10.6. The van der Waals surface area contributed by atoms with Crippen molar-refractivity contribution in [3.8, 4) is 0 Å². The molecule has 0 spiro atoms. The fraction of sp³-hybridized carbons (Fsp3) is 1.00. The van der Waals surface area contributed by atoms with E-state index in [9.17, 15) is 0 Å². The molecule has 1 aliphatic rings. The van der Waals surface area contributed by atoms with Crippen LogP contribution in [0.2, 0.25) is 0 Å². The maximum atomic E-state index is 6.01. The monoisotopic (exact) mass is 201 g/mol. The Morgan fingerprint density at radius 1 is 1.57 bits per heavy atom. The fourth-order valence-electron chi connectivity index (χ4n) is 2.38. The lowest BCUT2D eigenvalue weighted by Crippen LogP contribution is -2.41. The van der Waals surface area contributed by atoms with E-state index in [2.05, 4.69) is 6.92 Å². The standard InChI is InChI=1S/C11H23NO2/c1-9-4-5-11(6-9,8-12)14-10(2)7-13-3/h9-10H,4-8,12H2,1-3H3. The van der Waals surface area contributed by atoms with E-state index in [4.69, 9.17) is 15.2 Å². The van der Waals surface area contributed by atoms with Crippen molar-refractivity contribution in [2.45, 2.75) is 44.8 Å². The minimum Gasteiger partial charge on any atom is -0.382 e. The highest BCUT2D eigenvalue weighted by Gasteiger charge is 2.38. The van der Waals surface area contributed by atoms with E-state index >= 15 is 0 Å². The average Bonchev–Trinajstić information content (AvgIpc) is 2.48. The third kappa shape index (κ3) is 2.94. The highest BCUT2D eigenvalue weighted by molar-refractivity contribution is 4.91. The number of rotatable bonds is 5. The highest BCUT2D eigenvalue weighted by atomic mass is 16.5. The first-order valence-corrected chi connectivity index (χ1v) is 5.49. The van der Waals surface area contributed by atoms with Gasteiger partial charge in [0.25, 0.3) is 0 Å². The van der Waals surface area contributed by atoms with E-state index in [1.54, 1.807) is 7.11 Å². The van der Waals surface area contributed by atoms with Gasteiger partial charge in [0.2, 0.25) is 0 Å². The molecule has 0 heterocycles. The van der Waals surface area contributed by atoms with Crippen molar-refractivity contribution in [1.82, 2.24) is 0 Å². The normalized spacial score (nSPS) is 34.7. The van der Waals surface area contributed by atoms with Crippen LogP contribution in [-0.4, -0.2) is 32.0 Å². The van der Waals surface area contributed by atoms with Crippen LogP contribution in [0.15, 0.2) is 0 Å². The zero-order valence-corrected chi connectivity index (χ0v) is 9.58. The van der Waals surface area contributed by atoms with Crippen molar-refractivity contribution in [1.29, 1.82) is 0 Å². The van der Waals surface area contributed by atoms with E-state index in [1.807, 2.05) is 6.92 Å². The van der Waals surface area contributed by atoms with Crippen molar-refractivity contribution in [2.75, 3.05) is 20.3 Å². The second-order valence-electron chi connectivity index (χ2n) is 4.62. The second kappa shape index (κ2) is 5.10. The molecule has 0 bridgehead atoms. The summed E-state index contributed by atoms with van der Waals surface area (Å²) in [5, 5.41) is 0. The van der Waals surface area contributed by atoms with Gasteiger partial charge in [-0.05, 0) is 32.1 Å². The third-order valence-corrected chi connectivity index (χ3v) is 3.04. The van der Waals surface area contributed by atoms with E-state index in [1.165, 1.54) is 6.42 Å². The largest absolute Gasteiger partial charge is 0.382 e. The number of methoxy groups -OCH3 is 1. The summed E-state index contributed by atoms with van der Waals surface area (Å²) in [4.78, 5) is 0. The molecular weight excluding hydrogens is 178 g/mol. The van der Waals surface area contributed by atoms with Gasteiger partial charge in [-0.15, -0.1) is 0 Å². The predicted molar refractivity (Wildman–Crippen MR) is 57.2 cm³/mol. The van der Waals surface area contributed by atoms with Gasteiger partial charge in [0, 0.05) is 13.7 Å². The maximum absolute atomic E-state index is 6.01. The quantitative estimate of drug-likeness (QED) is 0.734. The summed E-state index contributed by atoms with van der Waals surface area (Å²) < 4.78 is 11.1. The zero-order valence-electron chi connectivity index (χ0n) is 9.58. The van der Waals surface area contributed by atoms with Crippen LogP contribution >= 0.6 is 0 Å². The molecule has 2 N–H and O–H groups in total. The van der Waals surface area contributed by atoms with Gasteiger partial charge in [-0.25, -0.2) is 0 Å². The molecule has 3 atom stereocenters. The van der Waals surface area contributed by atoms with Gasteiger partial charge in [-0.1, -0.05) is 6.92 Å². The van der Waals surface area contributed by atoms with Crippen LogP contribution < -0.4 is 5.73 Å². The van der Waals surface area contributed by atoms with Crippen LogP contribution in [-0.2, 0) is 9.47 Å². The Morgan fingerprint density at radius 3 is 2.71 bits per heavy atom. The van der Waals surface area contributed by atoms with Crippen molar-refractivity contribution in [3.05, 3.63) is 0 Å². The Kier molecular flexibility index (Phi) is 4.35. The summed E-state index contributed by atoms with van der Waals surface area (Å²) >= 11 is 0. The van der Waals surface area contributed by atoms with Gasteiger partial charge in [0.05, 0.1) is 18.3 Å². The van der Waals surface area contributed by atoms with Crippen molar-refractivity contribution in [2.24, 2.45) is 11.7 Å². The summed E-state index contributed by atoms with van der Waals surface area (Å²) in [7, 11) is 1.70. The molecule has 0 saturated heterocycles. The summed E-state index contributed by atoms with van der Waals surface area (Å²) in [6.45, 7) is 5.59. The summed E-state index contributed by atoms with van der Waals surface area (Å²) in [6, 6.07) is 0. The first-order valence-electron chi connectivity index (χ1n) is 5.49. The Morgan fingerprint density at radius 2 is 2.29 bits per heavy atom. The van der Waals surface area contributed by atoms with Gasteiger partial charge in [-0.3, -0.25) is 0 Å². The van der Waals surface area contributed by atoms with Crippen LogP contribution in [0.1, 0.15) is 33.1 Å². The molecule has 1 saturated carbocycles. The van der Waals surface area contributed by atoms with Gasteiger partial charge in [0.1, 0.15) is 0 Å². The first-order chi connectivity index (χ1) is 6.62. The molecule has 84 valence electrons. The van der Waals surface area contributed by atoms with Gasteiger partial charge < -0.3 is 15.2 Å². The molecule has 0 radical (unpaired) electrons. The molecule has 3 heteroatoms. The van der Waals surface area contributed by atoms with Crippen molar-refractivity contribution < 1.29 is 9.47 Å².